The summed E-state index contributed by atoms with van der Waals surface area (Å²) in [6.07, 6.45) is 2.32. The molecule has 2 aliphatic rings. The molecule has 1 atom stereocenters. The van der Waals surface area contributed by atoms with Crippen molar-refractivity contribution in [3.05, 3.63) is 0 Å². The zero-order valence-electron chi connectivity index (χ0n) is 10.2. The van der Waals surface area contributed by atoms with Crippen molar-refractivity contribution >= 4 is 11.9 Å². The lowest BCUT2D eigenvalue weighted by molar-refractivity contribution is -0.147. The molecule has 2 saturated heterocycles. The van der Waals surface area contributed by atoms with Crippen molar-refractivity contribution in [3.8, 4) is 0 Å². The van der Waals surface area contributed by atoms with Gasteiger partial charge in [0.05, 0.1) is 5.41 Å². The molecule has 0 aliphatic carbocycles. The zero-order valence-corrected chi connectivity index (χ0v) is 10.2. The Balaban J connectivity index is 1.95. The second-order valence-corrected chi connectivity index (χ2v) is 5.40. The van der Waals surface area contributed by atoms with Crippen LogP contribution >= 0.6 is 0 Å². The number of carbonyl (C=O) groups excluding carboxylic acids is 1. The Labute approximate surface area is 101 Å². The van der Waals surface area contributed by atoms with Gasteiger partial charge in [-0.15, -0.1) is 0 Å². The molecule has 0 radical (unpaired) electrons. The first-order valence-electron chi connectivity index (χ1n) is 6.26. The maximum Gasteiger partial charge on any atom is 0.311 e. The van der Waals surface area contributed by atoms with Gasteiger partial charge >= 0.3 is 5.97 Å². The highest BCUT2D eigenvalue weighted by molar-refractivity contribution is 5.82. The van der Waals surface area contributed by atoms with Crippen LogP contribution in [0.3, 0.4) is 0 Å². The number of hydrogen-bond acceptors (Lipinski definition) is 3. The van der Waals surface area contributed by atoms with E-state index in [9.17, 15) is 9.59 Å². The average molecular weight is 240 g/mol. The van der Waals surface area contributed by atoms with E-state index in [0.717, 1.165) is 25.9 Å². The van der Waals surface area contributed by atoms with Gasteiger partial charge in [-0.25, -0.2) is 0 Å². The zero-order chi connectivity index (χ0) is 12.5. The van der Waals surface area contributed by atoms with Gasteiger partial charge in [0.1, 0.15) is 0 Å². The predicted octanol–water partition coefficient (Wildman–Crippen LogP) is 0.309. The van der Waals surface area contributed by atoms with Gasteiger partial charge in [0.25, 0.3) is 0 Å². The van der Waals surface area contributed by atoms with Crippen LogP contribution in [0.25, 0.3) is 0 Å². The molecular weight excluding hydrogens is 220 g/mol. The first-order chi connectivity index (χ1) is 8.03. The Kier molecular flexibility index (Phi) is 3.38. The molecule has 0 spiro atoms. The number of carbonyl (C=O) groups is 2. The van der Waals surface area contributed by atoms with Crippen LogP contribution in [-0.4, -0.2) is 48.1 Å². The molecule has 0 saturated carbocycles. The molecule has 0 bridgehead atoms. The third-order valence-electron chi connectivity index (χ3n) is 3.99. The maximum atomic E-state index is 12.2. The summed E-state index contributed by atoms with van der Waals surface area (Å²) >= 11 is 0. The second-order valence-electron chi connectivity index (χ2n) is 5.40. The summed E-state index contributed by atoms with van der Waals surface area (Å²) in [6.45, 7) is 4.46. The molecule has 5 nitrogen and oxygen atoms in total. The van der Waals surface area contributed by atoms with Gasteiger partial charge in [-0.3, -0.25) is 9.59 Å². The van der Waals surface area contributed by atoms with E-state index < -0.39 is 11.4 Å². The Hall–Kier alpha value is -1.10. The van der Waals surface area contributed by atoms with Crippen molar-refractivity contribution in [1.82, 2.24) is 10.2 Å². The third-order valence-corrected chi connectivity index (χ3v) is 3.99. The van der Waals surface area contributed by atoms with Crippen molar-refractivity contribution < 1.29 is 14.7 Å². The van der Waals surface area contributed by atoms with E-state index >= 15 is 0 Å². The van der Waals surface area contributed by atoms with Crippen molar-refractivity contribution in [2.75, 3.05) is 26.2 Å². The number of carboxylic acids is 1. The van der Waals surface area contributed by atoms with Gasteiger partial charge in [0.2, 0.25) is 5.91 Å². The minimum Gasteiger partial charge on any atom is -0.481 e. The number of likely N-dealkylation sites (tertiary alicyclic amines) is 1. The van der Waals surface area contributed by atoms with Gasteiger partial charge in [-0.05, 0) is 39.3 Å². The number of amides is 1. The number of nitrogens with zero attached hydrogens (tertiary/aromatic N) is 1. The number of piperidine rings is 1. The quantitative estimate of drug-likeness (QED) is 0.729. The van der Waals surface area contributed by atoms with Crippen LogP contribution < -0.4 is 5.32 Å². The van der Waals surface area contributed by atoms with Crippen LogP contribution in [0.15, 0.2) is 0 Å². The molecule has 0 aromatic rings. The van der Waals surface area contributed by atoms with E-state index in [1.54, 1.807) is 11.8 Å². The molecule has 1 amide bonds. The number of rotatable bonds is 2. The molecule has 2 N–H and O–H groups in total. The first-order valence-corrected chi connectivity index (χ1v) is 6.26. The smallest absolute Gasteiger partial charge is 0.311 e. The lowest BCUT2D eigenvalue weighted by Crippen LogP contribution is -2.41. The lowest BCUT2D eigenvalue weighted by Gasteiger charge is -2.27. The van der Waals surface area contributed by atoms with Crippen molar-refractivity contribution in [1.29, 1.82) is 0 Å². The standard InChI is InChI=1S/C12H20N2O3/c1-12(11(16)17)4-7-14(8-12)10(15)9-2-5-13-6-3-9/h9,13H,2-8H2,1H3,(H,16,17). The Morgan fingerprint density at radius 3 is 2.53 bits per heavy atom. The molecule has 1 unspecified atom stereocenters. The number of carboxylic acid groups (broad SMARTS) is 1. The molecule has 0 aromatic carbocycles. The number of nitrogens with one attached hydrogen (secondary N) is 1. The molecule has 17 heavy (non-hydrogen) atoms. The summed E-state index contributed by atoms with van der Waals surface area (Å²) in [5, 5.41) is 12.4. The van der Waals surface area contributed by atoms with Crippen LogP contribution in [-0.2, 0) is 9.59 Å². The van der Waals surface area contributed by atoms with Crippen LogP contribution in [0.1, 0.15) is 26.2 Å². The van der Waals surface area contributed by atoms with Crippen LogP contribution in [0.5, 0.6) is 0 Å². The van der Waals surface area contributed by atoms with Gasteiger partial charge in [-0.2, -0.15) is 0 Å². The molecule has 5 heteroatoms. The second kappa shape index (κ2) is 4.64. The molecule has 2 rings (SSSR count). The van der Waals surface area contributed by atoms with Crippen molar-refractivity contribution in [2.45, 2.75) is 26.2 Å². The predicted molar refractivity (Wildman–Crippen MR) is 62.5 cm³/mol. The monoisotopic (exact) mass is 240 g/mol. The van der Waals surface area contributed by atoms with Crippen LogP contribution in [0, 0.1) is 11.3 Å². The molecule has 0 aromatic heterocycles. The van der Waals surface area contributed by atoms with Crippen molar-refractivity contribution in [2.24, 2.45) is 11.3 Å². The third kappa shape index (κ3) is 2.44. The maximum absolute atomic E-state index is 12.2. The average Bonchev–Trinajstić information content (AvgIpc) is 2.74. The Morgan fingerprint density at radius 2 is 2.00 bits per heavy atom. The largest absolute Gasteiger partial charge is 0.481 e. The molecular formula is C12H20N2O3. The van der Waals surface area contributed by atoms with E-state index in [4.69, 9.17) is 5.11 Å². The summed E-state index contributed by atoms with van der Waals surface area (Å²) in [7, 11) is 0. The van der Waals surface area contributed by atoms with Crippen LogP contribution in [0.4, 0.5) is 0 Å². The fourth-order valence-corrected chi connectivity index (χ4v) is 2.65. The van der Waals surface area contributed by atoms with Gasteiger partial charge in [-0.1, -0.05) is 0 Å². The summed E-state index contributed by atoms with van der Waals surface area (Å²) in [5.74, 6) is -0.554. The van der Waals surface area contributed by atoms with E-state index in [0.29, 0.717) is 19.5 Å². The molecule has 96 valence electrons. The number of aliphatic carboxylic acids is 1. The minimum absolute atomic E-state index is 0.0902. The van der Waals surface area contributed by atoms with Gasteiger partial charge in [0, 0.05) is 19.0 Å². The highest BCUT2D eigenvalue weighted by Crippen LogP contribution is 2.31. The minimum atomic E-state index is -0.793. The first kappa shape index (κ1) is 12.4. The fraction of sp³-hybridized carbons (Fsp3) is 0.833. The topological polar surface area (TPSA) is 69.6 Å². The molecule has 2 heterocycles. The SMILES string of the molecule is CC1(C(=O)O)CCN(C(=O)C2CCNCC2)C1. The van der Waals surface area contributed by atoms with Gasteiger partial charge in [0.15, 0.2) is 0 Å². The van der Waals surface area contributed by atoms with E-state index in [1.807, 2.05) is 0 Å². The van der Waals surface area contributed by atoms with E-state index in [2.05, 4.69) is 5.32 Å². The summed E-state index contributed by atoms with van der Waals surface area (Å²) in [4.78, 5) is 25.1. The number of hydrogen-bond donors (Lipinski definition) is 2. The molecule has 2 aliphatic heterocycles. The summed E-state index contributed by atoms with van der Waals surface area (Å²) < 4.78 is 0. The summed E-state index contributed by atoms with van der Waals surface area (Å²) in [5.41, 5.74) is -0.747. The highest BCUT2D eigenvalue weighted by atomic mass is 16.4. The van der Waals surface area contributed by atoms with Crippen molar-refractivity contribution in [3.63, 3.8) is 0 Å². The van der Waals surface area contributed by atoms with Gasteiger partial charge < -0.3 is 15.3 Å². The highest BCUT2D eigenvalue weighted by Gasteiger charge is 2.43. The van der Waals surface area contributed by atoms with E-state index in [1.165, 1.54) is 0 Å². The summed E-state index contributed by atoms with van der Waals surface area (Å²) in [6, 6.07) is 0. The lowest BCUT2D eigenvalue weighted by atomic mass is 9.90. The normalized spacial score (nSPS) is 30.5. The van der Waals surface area contributed by atoms with Crippen LogP contribution in [0.2, 0.25) is 0 Å². The molecule has 2 fully saturated rings. The van der Waals surface area contributed by atoms with E-state index in [-0.39, 0.29) is 11.8 Å². The Bertz CT molecular complexity index is 326. The fourth-order valence-electron chi connectivity index (χ4n) is 2.65. The Morgan fingerprint density at radius 1 is 1.35 bits per heavy atom.